The van der Waals surface area contributed by atoms with Crippen LogP contribution in [0.2, 0.25) is 0 Å². The van der Waals surface area contributed by atoms with Crippen molar-refractivity contribution < 1.29 is 0 Å². The second-order valence-electron chi connectivity index (χ2n) is 4.62. The van der Waals surface area contributed by atoms with Crippen LogP contribution in [0.15, 0.2) is 30.3 Å². The fourth-order valence-corrected chi connectivity index (χ4v) is 1.64. The van der Waals surface area contributed by atoms with Crippen molar-refractivity contribution in [2.75, 3.05) is 0 Å². The molecule has 0 heterocycles. The molecule has 0 amide bonds. The third kappa shape index (κ3) is 2.15. The molecule has 0 saturated heterocycles. The zero-order chi connectivity index (χ0) is 10.1. The fourth-order valence-electron chi connectivity index (χ4n) is 1.18. The molecule has 0 bridgehead atoms. The summed E-state index contributed by atoms with van der Waals surface area (Å²) in [6.45, 7) is 6.58. The van der Waals surface area contributed by atoms with Gasteiger partial charge in [-0.1, -0.05) is 51.1 Å². The largest absolute Gasteiger partial charge is 0.118 e. The fraction of sp³-hybridized carbons (Fsp3) is 0.455. The van der Waals surface area contributed by atoms with Gasteiger partial charge in [0.05, 0.1) is 4.50 Å². The number of halogens is 1. The van der Waals surface area contributed by atoms with Crippen LogP contribution in [0, 0.1) is 5.41 Å². The topological polar surface area (TPSA) is 0 Å². The first-order valence-electron chi connectivity index (χ1n) is 4.60. The maximum absolute atomic E-state index is 6.60. The third-order valence-electron chi connectivity index (χ3n) is 2.72. The summed E-state index contributed by atoms with van der Waals surface area (Å²) in [5.74, 6) is 0. The molecule has 1 rings (SSSR count). The Labute approximate surface area is 88.7 Å². The van der Waals surface area contributed by atoms with Crippen molar-refractivity contribution in [3.63, 3.8) is 0 Å². The van der Waals surface area contributed by atoms with E-state index in [4.69, 9.17) is 11.6 Å². The molecule has 0 aromatic heterocycles. The number of alkyl halides is 1. The van der Waals surface area contributed by atoms with Gasteiger partial charge in [-0.25, -0.2) is 0 Å². The molecule has 0 aliphatic carbocycles. The monoisotopic (exact) mass is 212 g/mol. The van der Waals surface area contributed by atoms with Crippen LogP contribution in [0.3, 0.4) is 0 Å². The zero-order valence-corrected chi connectivity index (χ0v) is 11.5. The number of benzene rings is 1. The Balaban J connectivity index is 3.08. The lowest BCUT2D eigenvalue weighted by Gasteiger charge is -2.37. The summed E-state index contributed by atoms with van der Waals surface area (Å²) < 4.78 is -0.158. The highest BCUT2D eigenvalue weighted by atomic mass is 35.5. The van der Waals surface area contributed by atoms with Gasteiger partial charge in [-0.2, -0.15) is 0 Å². The van der Waals surface area contributed by atoms with Crippen molar-refractivity contribution >= 4 is 21.8 Å². The Bertz CT molecular complexity index is 272. The predicted molar refractivity (Wildman–Crippen MR) is 63.4 cm³/mol. The standard InChI is InChI=1S/C11H17ClSi/c1-10(2,3)11(12,13)9-7-5-4-6-8-9/h4-8H,1-3,13H3. The van der Waals surface area contributed by atoms with Gasteiger partial charge in [-0.05, 0) is 11.0 Å². The lowest BCUT2D eigenvalue weighted by atomic mass is 9.86. The number of hydrogen-bond donors (Lipinski definition) is 0. The van der Waals surface area contributed by atoms with Gasteiger partial charge in [-0.15, -0.1) is 11.6 Å². The lowest BCUT2D eigenvalue weighted by molar-refractivity contribution is 0.359. The van der Waals surface area contributed by atoms with Crippen molar-refractivity contribution in [1.82, 2.24) is 0 Å². The highest BCUT2D eigenvalue weighted by Gasteiger charge is 2.36. The van der Waals surface area contributed by atoms with E-state index in [1.54, 1.807) is 0 Å². The van der Waals surface area contributed by atoms with Crippen LogP contribution >= 0.6 is 11.6 Å². The quantitative estimate of drug-likeness (QED) is 0.496. The summed E-state index contributed by atoms with van der Waals surface area (Å²) in [5, 5.41) is 0. The Morgan fingerprint density at radius 3 is 1.92 bits per heavy atom. The molecule has 1 aromatic rings. The molecule has 0 aliphatic heterocycles. The van der Waals surface area contributed by atoms with Gasteiger partial charge < -0.3 is 0 Å². The molecule has 0 N–H and O–H groups in total. The molecule has 1 unspecified atom stereocenters. The van der Waals surface area contributed by atoms with Crippen LogP contribution in [0.25, 0.3) is 0 Å². The van der Waals surface area contributed by atoms with E-state index in [0.717, 1.165) is 10.2 Å². The predicted octanol–water partition coefficient (Wildman–Crippen LogP) is 2.49. The minimum absolute atomic E-state index is 0.127. The van der Waals surface area contributed by atoms with Crippen LogP contribution in [-0.2, 0) is 4.50 Å². The molecular formula is C11H17ClSi. The highest BCUT2D eigenvalue weighted by molar-refractivity contribution is 6.44. The van der Waals surface area contributed by atoms with Crippen molar-refractivity contribution in [3.8, 4) is 0 Å². The van der Waals surface area contributed by atoms with Crippen LogP contribution in [0.5, 0.6) is 0 Å². The molecule has 0 radical (unpaired) electrons. The Morgan fingerprint density at radius 1 is 1.08 bits per heavy atom. The Morgan fingerprint density at radius 2 is 1.54 bits per heavy atom. The normalized spacial score (nSPS) is 16.9. The second kappa shape index (κ2) is 3.47. The van der Waals surface area contributed by atoms with E-state index in [2.05, 4.69) is 45.0 Å². The van der Waals surface area contributed by atoms with E-state index in [1.165, 1.54) is 5.56 Å². The Hall–Kier alpha value is -0.273. The van der Waals surface area contributed by atoms with Crippen LogP contribution in [-0.4, -0.2) is 10.2 Å². The zero-order valence-electron chi connectivity index (χ0n) is 8.76. The van der Waals surface area contributed by atoms with Gasteiger partial charge >= 0.3 is 0 Å². The first kappa shape index (κ1) is 10.8. The molecule has 13 heavy (non-hydrogen) atoms. The maximum atomic E-state index is 6.60. The van der Waals surface area contributed by atoms with Crippen molar-refractivity contribution in [1.29, 1.82) is 0 Å². The van der Waals surface area contributed by atoms with Crippen molar-refractivity contribution in [2.24, 2.45) is 5.41 Å². The van der Waals surface area contributed by atoms with Gasteiger partial charge in [0.1, 0.15) is 0 Å². The van der Waals surface area contributed by atoms with E-state index in [9.17, 15) is 0 Å². The first-order valence-corrected chi connectivity index (χ1v) is 5.98. The molecule has 1 aromatic carbocycles. The average Bonchev–Trinajstić information content (AvgIpc) is 2.04. The summed E-state index contributed by atoms with van der Waals surface area (Å²) in [6.07, 6.45) is 0. The highest BCUT2D eigenvalue weighted by Crippen LogP contribution is 2.42. The molecule has 0 nitrogen and oxygen atoms in total. The van der Waals surface area contributed by atoms with Gasteiger partial charge in [0.15, 0.2) is 0 Å². The van der Waals surface area contributed by atoms with Gasteiger partial charge in [0.2, 0.25) is 0 Å². The SMILES string of the molecule is CC(C)(C)C([SiH3])(Cl)c1ccccc1. The minimum Gasteiger partial charge on any atom is -0.118 e. The van der Waals surface area contributed by atoms with E-state index < -0.39 is 0 Å². The molecule has 0 saturated carbocycles. The van der Waals surface area contributed by atoms with Gasteiger partial charge in [0, 0.05) is 10.2 Å². The van der Waals surface area contributed by atoms with Crippen molar-refractivity contribution in [2.45, 2.75) is 25.3 Å². The molecule has 0 fully saturated rings. The smallest absolute Gasteiger partial charge is 0.0557 e. The summed E-state index contributed by atoms with van der Waals surface area (Å²) in [4.78, 5) is 0. The van der Waals surface area contributed by atoms with Crippen LogP contribution in [0.1, 0.15) is 26.3 Å². The molecule has 0 spiro atoms. The summed E-state index contributed by atoms with van der Waals surface area (Å²) in [5.41, 5.74) is 1.37. The lowest BCUT2D eigenvalue weighted by Crippen LogP contribution is -2.34. The van der Waals surface area contributed by atoms with E-state index >= 15 is 0 Å². The minimum atomic E-state index is -0.158. The molecule has 0 aliphatic rings. The van der Waals surface area contributed by atoms with Crippen LogP contribution < -0.4 is 0 Å². The summed E-state index contributed by atoms with van der Waals surface area (Å²) >= 11 is 6.60. The van der Waals surface area contributed by atoms with Crippen LogP contribution in [0.4, 0.5) is 0 Å². The van der Waals surface area contributed by atoms with Gasteiger partial charge in [0.25, 0.3) is 0 Å². The van der Waals surface area contributed by atoms with E-state index in [1.807, 2.05) is 6.07 Å². The van der Waals surface area contributed by atoms with Crippen molar-refractivity contribution in [3.05, 3.63) is 35.9 Å². The maximum Gasteiger partial charge on any atom is 0.0557 e. The second-order valence-corrected chi connectivity index (χ2v) is 7.51. The van der Waals surface area contributed by atoms with E-state index in [0.29, 0.717) is 0 Å². The molecule has 1 atom stereocenters. The average molecular weight is 213 g/mol. The third-order valence-corrected chi connectivity index (χ3v) is 5.59. The first-order chi connectivity index (χ1) is 5.86. The Kier molecular flexibility index (Phi) is 2.88. The molecular weight excluding hydrogens is 196 g/mol. The summed E-state index contributed by atoms with van der Waals surface area (Å²) in [6, 6.07) is 10.4. The molecule has 72 valence electrons. The van der Waals surface area contributed by atoms with Gasteiger partial charge in [-0.3, -0.25) is 0 Å². The van der Waals surface area contributed by atoms with E-state index in [-0.39, 0.29) is 9.91 Å². The number of hydrogen-bond acceptors (Lipinski definition) is 0. The summed E-state index contributed by atoms with van der Waals surface area (Å²) in [7, 11) is 0.960. The number of rotatable bonds is 1. The molecule has 2 heteroatoms.